The van der Waals surface area contributed by atoms with Crippen LogP contribution in [0.2, 0.25) is 0 Å². The zero-order chi connectivity index (χ0) is 22.5. The molecule has 0 radical (unpaired) electrons. The number of hydrogen-bond acceptors (Lipinski definition) is 8. The Morgan fingerprint density at radius 2 is 1.61 bits per heavy atom. The third-order valence-electron chi connectivity index (χ3n) is 4.71. The van der Waals surface area contributed by atoms with Crippen molar-refractivity contribution in [3.05, 3.63) is 47.5 Å². The summed E-state index contributed by atoms with van der Waals surface area (Å²) < 4.78 is 5.56. The summed E-state index contributed by atoms with van der Waals surface area (Å²) in [5.74, 6) is -2.41. The van der Waals surface area contributed by atoms with E-state index in [1.54, 1.807) is 6.92 Å². The Bertz CT molecular complexity index is 1020. The number of ether oxygens (including phenoxy) is 1. The van der Waals surface area contributed by atoms with Crippen molar-refractivity contribution >= 4 is 17.7 Å². The Kier molecular flexibility index (Phi) is 6.49. The molecule has 0 bridgehead atoms. The summed E-state index contributed by atoms with van der Waals surface area (Å²) in [6.45, 7) is 2.16. The number of carbonyl (C=O) groups excluding carboxylic acids is 2. The number of aromatic hydroxyl groups is 4. The first kappa shape index (κ1) is 21.8. The molecule has 3 rings (SSSR count). The summed E-state index contributed by atoms with van der Waals surface area (Å²) in [4.78, 5) is 28.7. The molecular formula is C21H23N3O7. The van der Waals surface area contributed by atoms with E-state index in [0.717, 1.165) is 0 Å². The lowest BCUT2D eigenvalue weighted by atomic mass is 10.1. The third kappa shape index (κ3) is 4.80. The molecule has 164 valence electrons. The smallest absolute Gasteiger partial charge is 0.255 e. The van der Waals surface area contributed by atoms with Crippen LogP contribution in [-0.2, 0) is 9.53 Å². The molecule has 0 spiro atoms. The van der Waals surface area contributed by atoms with E-state index in [0.29, 0.717) is 6.42 Å². The number of phenols is 4. The van der Waals surface area contributed by atoms with Crippen molar-refractivity contribution < 1.29 is 34.8 Å². The number of hydrogen-bond donors (Lipinski definition) is 6. The summed E-state index contributed by atoms with van der Waals surface area (Å²) in [7, 11) is 0. The minimum atomic E-state index is -0.824. The molecule has 31 heavy (non-hydrogen) atoms. The molecule has 2 amide bonds. The molecular weight excluding hydrogens is 406 g/mol. The van der Waals surface area contributed by atoms with Gasteiger partial charge in [-0.2, -0.15) is 0 Å². The topological polar surface area (TPSA) is 161 Å². The SMILES string of the molecule is CC1OC(c2cccc(O)c2O)=N[C@@H]1C(=O)NCCCNC(=O)c1cccc(O)c1O. The molecule has 10 nitrogen and oxygen atoms in total. The van der Waals surface area contributed by atoms with Gasteiger partial charge >= 0.3 is 0 Å². The number of carbonyl (C=O) groups is 2. The molecule has 6 N–H and O–H groups in total. The lowest BCUT2D eigenvalue weighted by Crippen LogP contribution is -2.39. The normalized spacial score (nSPS) is 17.5. The van der Waals surface area contributed by atoms with Crippen LogP contribution in [-0.4, -0.2) is 63.4 Å². The monoisotopic (exact) mass is 429 g/mol. The summed E-state index contributed by atoms with van der Waals surface area (Å²) in [6.07, 6.45) is -0.145. The average Bonchev–Trinajstić information content (AvgIpc) is 3.13. The molecule has 1 aliphatic rings. The van der Waals surface area contributed by atoms with E-state index in [9.17, 15) is 30.0 Å². The van der Waals surface area contributed by atoms with Crippen LogP contribution in [0.5, 0.6) is 23.0 Å². The first-order valence-electron chi connectivity index (χ1n) is 9.62. The van der Waals surface area contributed by atoms with Gasteiger partial charge in [0.1, 0.15) is 6.10 Å². The van der Waals surface area contributed by atoms with Gasteiger partial charge in [-0.05, 0) is 37.6 Å². The maximum Gasteiger partial charge on any atom is 0.255 e. The molecule has 1 heterocycles. The molecule has 0 aliphatic carbocycles. The van der Waals surface area contributed by atoms with Gasteiger partial charge in [0.15, 0.2) is 29.0 Å². The van der Waals surface area contributed by atoms with Crippen molar-refractivity contribution in [1.29, 1.82) is 0 Å². The van der Waals surface area contributed by atoms with Crippen molar-refractivity contribution in [2.24, 2.45) is 4.99 Å². The lowest BCUT2D eigenvalue weighted by Gasteiger charge is -2.13. The first-order valence-corrected chi connectivity index (χ1v) is 9.62. The second kappa shape index (κ2) is 9.24. The van der Waals surface area contributed by atoms with E-state index in [1.807, 2.05) is 0 Å². The van der Waals surface area contributed by atoms with E-state index in [-0.39, 0.29) is 53.3 Å². The van der Waals surface area contributed by atoms with Gasteiger partial charge in [-0.3, -0.25) is 9.59 Å². The highest BCUT2D eigenvalue weighted by Crippen LogP contribution is 2.31. The predicted molar refractivity (Wildman–Crippen MR) is 110 cm³/mol. The molecule has 0 fully saturated rings. The van der Waals surface area contributed by atoms with Gasteiger partial charge in [-0.15, -0.1) is 0 Å². The minimum absolute atomic E-state index is 0.0435. The molecule has 0 aromatic heterocycles. The Morgan fingerprint density at radius 3 is 2.35 bits per heavy atom. The summed E-state index contributed by atoms with van der Waals surface area (Å²) >= 11 is 0. The van der Waals surface area contributed by atoms with Crippen LogP contribution in [0, 0.1) is 0 Å². The van der Waals surface area contributed by atoms with Crippen LogP contribution < -0.4 is 10.6 Å². The van der Waals surface area contributed by atoms with Crippen LogP contribution >= 0.6 is 0 Å². The first-order chi connectivity index (χ1) is 14.8. The number of para-hydroxylation sites is 2. The molecule has 2 aromatic rings. The zero-order valence-electron chi connectivity index (χ0n) is 16.7. The number of rotatable bonds is 7. The van der Waals surface area contributed by atoms with Gasteiger partial charge in [0.25, 0.3) is 5.91 Å². The molecule has 2 aromatic carbocycles. The summed E-state index contributed by atoms with van der Waals surface area (Å²) in [6, 6.07) is 7.64. The largest absolute Gasteiger partial charge is 0.504 e. The van der Waals surface area contributed by atoms with Gasteiger partial charge in [0.2, 0.25) is 11.8 Å². The Balaban J connectivity index is 1.48. The highest BCUT2D eigenvalue weighted by atomic mass is 16.5. The molecule has 10 heteroatoms. The highest BCUT2D eigenvalue weighted by molar-refractivity contribution is 6.01. The molecule has 2 atom stereocenters. The number of amides is 2. The maximum absolute atomic E-state index is 12.4. The van der Waals surface area contributed by atoms with Crippen molar-refractivity contribution in [3.63, 3.8) is 0 Å². The lowest BCUT2D eigenvalue weighted by molar-refractivity contribution is -0.123. The summed E-state index contributed by atoms with van der Waals surface area (Å²) in [5, 5.41) is 44.0. The molecule has 1 unspecified atom stereocenters. The van der Waals surface area contributed by atoms with Crippen molar-refractivity contribution in [1.82, 2.24) is 10.6 Å². The average molecular weight is 429 g/mol. The Hall–Kier alpha value is -3.95. The van der Waals surface area contributed by atoms with Gasteiger partial charge in [-0.25, -0.2) is 4.99 Å². The number of nitrogens with one attached hydrogen (secondary N) is 2. The molecule has 1 aliphatic heterocycles. The Labute approximate surface area is 177 Å². The summed E-state index contributed by atoms with van der Waals surface area (Å²) in [5.41, 5.74) is 0.151. The zero-order valence-corrected chi connectivity index (χ0v) is 16.7. The van der Waals surface area contributed by atoms with Crippen LogP contribution in [0.3, 0.4) is 0 Å². The molecule has 0 saturated carbocycles. The minimum Gasteiger partial charge on any atom is -0.504 e. The fourth-order valence-corrected chi connectivity index (χ4v) is 3.03. The van der Waals surface area contributed by atoms with E-state index in [2.05, 4.69) is 15.6 Å². The standard InChI is InChI=1S/C21H23N3O7/c1-11-16(24-21(31-11)13-6-3-8-15(26)18(13)28)20(30)23-10-4-9-22-19(29)12-5-2-7-14(25)17(12)27/h2-3,5-8,11,16,25-28H,4,9-10H2,1H3,(H,22,29)(H,23,30)/t11?,16-/m0/s1. The van der Waals surface area contributed by atoms with Gasteiger partial charge in [-0.1, -0.05) is 12.1 Å². The van der Waals surface area contributed by atoms with E-state index >= 15 is 0 Å². The number of aliphatic imine (C=N–C) groups is 1. The van der Waals surface area contributed by atoms with E-state index < -0.39 is 23.8 Å². The van der Waals surface area contributed by atoms with Gasteiger partial charge < -0.3 is 35.8 Å². The number of benzene rings is 2. The maximum atomic E-state index is 12.4. The third-order valence-corrected chi connectivity index (χ3v) is 4.71. The number of phenolic OH excluding ortho intramolecular Hbond substituents is 4. The van der Waals surface area contributed by atoms with Crippen LogP contribution in [0.4, 0.5) is 0 Å². The van der Waals surface area contributed by atoms with Gasteiger partial charge in [0, 0.05) is 13.1 Å². The van der Waals surface area contributed by atoms with Crippen molar-refractivity contribution in [3.8, 4) is 23.0 Å². The highest BCUT2D eigenvalue weighted by Gasteiger charge is 2.34. The van der Waals surface area contributed by atoms with Gasteiger partial charge in [0.05, 0.1) is 11.1 Å². The van der Waals surface area contributed by atoms with Crippen molar-refractivity contribution in [2.45, 2.75) is 25.5 Å². The Morgan fingerprint density at radius 1 is 0.968 bits per heavy atom. The fraction of sp³-hybridized carbons (Fsp3) is 0.286. The van der Waals surface area contributed by atoms with E-state index in [1.165, 1.54) is 36.4 Å². The van der Waals surface area contributed by atoms with Crippen LogP contribution in [0.25, 0.3) is 0 Å². The second-order valence-electron chi connectivity index (χ2n) is 6.95. The number of nitrogens with zero attached hydrogens (tertiary/aromatic N) is 1. The van der Waals surface area contributed by atoms with Crippen LogP contribution in [0.1, 0.15) is 29.3 Å². The van der Waals surface area contributed by atoms with Crippen LogP contribution in [0.15, 0.2) is 41.4 Å². The fourth-order valence-electron chi connectivity index (χ4n) is 3.03. The van der Waals surface area contributed by atoms with E-state index in [4.69, 9.17) is 4.74 Å². The second-order valence-corrected chi connectivity index (χ2v) is 6.95. The molecule has 0 saturated heterocycles. The quantitative estimate of drug-likeness (QED) is 0.282. The predicted octanol–water partition coefficient (Wildman–Crippen LogP) is 0.979. The van der Waals surface area contributed by atoms with Crippen molar-refractivity contribution in [2.75, 3.05) is 13.1 Å².